The van der Waals surface area contributed by atoms with Crippen molar-refractivity contribution in [3.05, 3.63) is 204 Å². The summed E-state index contributed by atoms with van der Waals surface area (Å²) in [6, 6.07) is 65.4. The van der Waals surface area contributed by atoms with Gasteiger partial charge in [0, 0.05) is 33.4 Å². The van der Waals surface area contributed by atoms with Gasteiger partial charge < -0.3 is 0 Å². The van der Waals surface area contributed by atoms with Gasteiger partial charge in [0.25, 0.3) is 0 Å². The lowest BCUT2D eigenvalue weighted by molar-refractivity contribution is 1.07. The molecule has 0 fully saturated rings. The molecule has 0 spiro atoms. The first-order valence-electron chi connectivity index (χ1n) is 23.8. The summed E-state index contributed by atoms with van der Waals surface area (Å²) in [5.74, 6) is 3.93. The quantitative estimate of drug-likeness (QED) is 0.155. The number of fused-ring (bicyclic) bond motifs is 9. The van der Waals surface area contributed by atoms with E-state index < -0.39 is 0 Å². The third kappa shape index (κ3) is 6.34. The molecule has 12 aromatic carbocycles. The third-order valence-electron chi connectivity index (χ3n) is 14.3. The Balaban J connectivity index is 0.937. The molecule has 328 valence electrons. The Kier molecular flexibility index (Phi) is 8.74. The van der Waals surface area contributed by atoms with Gasteiger partial charge in [-0.25, -0.2) is 29.9 Å². The van der Waals surface area contributed by atoms with Gasteiger partial charge in [0.2, 0.25) is 0 Å². The van der Waals surface area contributed by atoms with Crippen molar-refractivity contribution in [2.75, 3.05) is 0 Å². The maximum Gasteiger partial charge on any atom is 0.164 e. The molecule has 2 heterocycles. The van der Waals surface area contributed by atoms with Crippen molar-refractivity contribution in [1.29, 1.82) is 0 Å². The van der Waals surface area contributed by atoms with Crippen LogP contribution >= 0.6 is 0 Å². The lowest BCUT2D eigenvalue weighted by atomic mass is 9.93. The van der Waals surface area contributed by atoms with Gasteiger partial charge in [-0.1, -0.05) is 180 Å². The highest BCUT2D eigenvalue weighted by molar-refractivity contribution is 6.41. The highest BCUT2D eigenvalue weighted by atomic mass is 15.0. The number of aryl methyl sites for hydroxylation is 4. The number of benzene rings is 10. The summed E-state index contributed by atoms with van der Waals surface area (Å²) in [7, 11) is 0. The molecular weight excluding hydrogens is 853 g/mol. The Morgan fingerprint density at radius 3 is 0.729 bits per heavy atom. The van der Waals surface area contributed by atoms with Crippen LogP contribution in [-0.4, -0.2) is 29.9 Å². The molecular formula is C64H42N6. The number of aromatic nitrogens is 6. The molecule has 6 heteroatoms. The summed E-state index contributed by atoms with van der Waals surface area (Å²) >= 11 is 0. The van der Waals surface area contributed by atoms with Gasteiger partial charge in [0.1, 0.15) is 0 Å². The molecule has 0 amide bonds. The minimum Gasteiger partial charge on any atom is -0.208 e. The molecule has 6 nitrogen and oxygen atoms in total. The number of hydrogen-bond donors (Lipinski definition) is 0. The molecule has 0 saturated heterocycles. The van der Waals surface area contributed by atoms with Crippen LogP contribution in [0.25, 0.3) is 144 Å². The van der Waals surface area contributed by atoms with Crippen LogP contribution in [0.3, 0.4) is 0 Å². The molecule has 70 heavy (non-hydrogen) atoms. The van der Waals surface area contributed by atoms with E-state index in [1.165, 1.54) is 97.7 Å². The van der Waals surface area contributed by atoms with E-state index >= 15 is 0 Å². The molecule has 2 aromatic heterocycles. The Morgan fingerprint density at radius 1 is 0.200 bits per heavy atom. The normalized spacial score (nSPS) is 12.0. The van der Waals surface area contributed by atoms with E-state index in [0.29, 0.717) is 34.9 Å². The van der Waals surface area contributed by atoms with Crippen molar-refractivity contribution in [3.8, 4) is 68.3 Å². The third-order valence-corrected chi connectivity index (χ3v) is 14.3. The maximum atomic E-state index is 5.12. The van der Waals surface area contributed by atoms with Gasteiger partial charge in [-0.15, -0.1) is 0 Å². The van der Waals surface area contributed by atoms with Crippen molar-refractivity contribution in [3.63, 3.8) is 0 Å². The average Bonchev–Trinajstić information content (AvgIpc) is 3.89. The molecule has 0 radical (unpaired) electrons. The summed E-state index contributed by atoms with van der Waals surface area (Å²) in [6.45, 7) is 8.38. The van der Waals surface area contributed by atoms with Crippen molar-refractivity contribution in [2.24, 2.45) is 0 Å². The molecule has 0 atom stereocenters. The standard InChI is InChI=1S/C64H42N6/c1-35-11-19-39(20-12-35)59-65-60(40-21-13-36(2)14-22-40)68-63(67-59)43-27-29-45-51(31-43)47-7-5-9-49-54-34-56-46-30-28-44(32-52(46)48-8-6-10-50(58(48)56)53(54)33-55(45)57(47)49)64-69-61(41-23-15-37(3)16-24-41)66-62(70-64)42-25-17-38(4)18-26-42/h5-34H,1-4H3. The SMILES string of the molecule is Cc1ccc(-c2nc(-c3ccc(C)cc3)nc(-c3ccc4c(c3)c3cccc5c6cc7c8ccc(-c9nc(-c%10ccc(C)cc%10)nc(-c%10ccc(C)cc%10)n9)cc8c8cccc(c6cc4c35)c87)n2)cc1. The van der Waals surface area contributed by atoms with Crippen LogP contribution in [0.15, 0.2) is 182 Å². The Labute approximate surface area is 403 Å². The topological polar surface area (TPSA) is 77.3 Å². The van der Waals surface area contributed by atoms with Crippen LogP contribution in [0.1, 0.15) is 22.3 Å². The van der Waals surface area contributed by atoms with Crippen LogP contribution in [0, 0.1) is 27.7 Å². The van der Waals surface area contributed by atoms with Crippen LogP contribution in [0.2, 0.25) is 0 Å². The van der Waals surface area contributed by atoms with E-state index in [2.05, 4.69) is 210 Å². The first-order valence-corrected chi connectivity index (χ1v) is 23.8. The number of hydrogen-bond acceptors (Lipinski definition) is 6. The Hall–Kier alpha value is -9.00. The summed E-state index contributed by atoms with van der Waals surface area (Å²) in [4.78, 5) is 30.5. The van der Waals surface area contributed by atoms with Crippen molar-refractivity contribution >= 4 is 75.4 Å². The van der Waals surface area contributed by atoms with Gasteiger partial charge in [0.05, 0.1) is 0 Å². The van der Waals surface area contributed by atoms with Crippen molar-refractivity contribution in [2.45, 2.75) is 27.7 Å². The molecule has 0 aliphatic heterocycles. The van der Waals surface area contributed by atoms with Crippen molar-refractivity contribution < 1.29 is 0 Å². The smallest absolute Gasteiger partial charge is 0.164 e. The predicted octanol–water partition coefficient (Wildman–Crippen LogP) is 16.2. The second-order valence-corrected chi connectivity index (χ2v) is 19.0. The molecule has 0 aliphatic rings. The summed E-state index contributed by atoms with van der Waals surface area (Å²) < 4.78 is 0. The molecule has 0 aliphatic carbocycles. The zero-order valence-electron chi connectivity index (χ0n) is 39.0. The highest BCUT2D eigenvalue weighted by Crippen LogP contribution is 2.48. The van der Waals surface area contributed by atoms with E-state index in [9.17, 15) is 0 Å². The van der Waals surface area contributed by atoms with Crippen LogP contribution in [0.5, 0.6) is 0 Å². The van der Waals surface area contributed by atoms with E-state index in [0.717, 1.165) is 33.4 Å². The fourth-order valence-electron chi connectivity index (χ4n) is 10.7. The van der Waals surface area contributed by atoms with Gasteiger partial charge in [0.15, 0.2) is 34.9 Å². The molecule has 0 N–H and O–H groups in total. The fourth-order valence-corrected chi connectivity index (χ4v) is 10.7. The van der Waals surface area contributed by atoms with E-state index in [4.69, 9.17) is 29.9 Å². The average molecular weight is 895 g/mol. The highest BCUT2D eigenvalue weighted by Gasteiger charge is 2.22. The van der Waals surface area contributed by atoms with Gasteiger partial charge in [-0.05, 0) is 127 Å². The number of nitrogens with zero attached hydrogens (tertiary/aromatic N) is 6. The zero-order chi connectivity index (χ0) is 46.8. The molecule has 14 aromatic rings. The largest absolute Gasteiger partial charge is 0.208 e. The van der Waals surface area contributed by atoms with E-state index in [1.54, 1.807) is 0 Å². The maximum absolute atomic E-state index is 5.12. The van der Waals surface area contributed by atoms with Crippen LogP contribution in [0.4, 0.5) is 0 Å². The Bertz CT molecular complexity index is 3990. The monoisotopic (exact) mass is 894 g/mol. The van der Waals surface area contributed by atoms with Crippen LogP contribution < -0.4 is 0 Å². The van der Waals surface area contributed by atoms with Gasteiger partial charge in [-0.2, -0.15) is 0 Å². The predicted molar refractivity (Wildman–Crippen MR) is 290 cm³/mol. The molecule has 14 rings (SSSR count). The Morgan fingerprint density at radius 2 is 0.443 bits per heavy atom. The molecule has 0 saturated carbocycles. The van der Waals surface area contributed by atoms with E-state index in [1.807, 2.05) is 0 Å². The van der Waals surface area contributed by atoms with Crippen LogP contribution in [-0.2, 0) is 0 Å². The van der Waals surface area contributed by atoms with Gasteiger partial charge >= 0.3 is 0 Å². The fraction of sp³-hybridized carbons (Fsp3) is 0.0625. The zero-order valence-corrected chi connectivity index (χ0v) is 39.0. The summed E-state index contributed by atoms with van der Waals surface area (Å²) in [6.07, 6.45) is 0. The summed E-state index contributed by atoms with van der Waals surface area (Å²) in [5.41, 5.74) is 10.5. The number of rotatable bonds is 6. The summed E-state index contributed by atoms with van der Waals surface area (Å²) in [5, 5.41) is 17.3. The van der Waals surface area contributed by atoms with Gasteiger partial charge in [-0.3, -0.25) is 0 Å². The lowest BCUT2D eigenvalue weighted by Gasteiger charge is -2.10. The molecule has 0 unspecified atom stereocenters. The van der Waals surface area contributed by atoms with E-state index in [-0.39, 0.29) is 0 Å². The molecule has 0 bridgehead atoms. The second kappa shape index (κ2) is 15.3. The first-order chi connectivity index (χ1) is 34.3. The van der Waals surface area contributed by atoms with Crippen molar-refractivity contribution in [1.82, 2.24) is 29.9 Å². The minimum atomic E-state index is 0.651. The lowest BCUT2D eigenvalue weighted by Crippen LogP contribution is -2.00. The first kappa shape index (κ1) is 40.1. The minimum absolute atomic E-state index is 0.651. The second-order valence-electron chi connectivity index (χ2n) is 19.0.